The van der Waals surface area contributed by atoms with Crippen molar-refractivity contribution in [1.29, 1.82) is 0 Å². The van der Waals surface area contributed by atoms with Crippen LogP contribution in [0.5, 0.6) is 0 Å². The number of rotatable bonds is 5. The molecule has 2 N–H and O–H groups in total. The summed E-state index contributed by atoms with van der Waals surface area (Å²) >= 11 is 3.54. The van der Waals surface area contributed by atoms with Crippen LogP contribution in [0.1, 0.15) is 18.1 Å². The van der Waals surface area contributed by atoms with Gasteiger partial charge in [-0.15, -0.1) is 5.10 Å². The first-order chi connectivity index (χ1) is 11.7. The van der Waals surface area contributed by atoms with Gasteiger partial charge in [-0.3, -0.25) is 0 Å². The molecule has 0 aliphatic rings. The Labute approximate surface area is 149 Å². The summed E-state index contributed by atoms with van der Waals surface area (Å²) in [5.74, 6) is 1.09. The average molecular weight is 384 g/mol. The highest BCUT2D eigenvalue weighted by molar-refractivity contribution is 9.10. The zero-order valence-corrected chi connectivity index (χ0v) is 15.1. The monoisotopic (exact) mass is 383 g/mol. The predicted molar refractivity (Wildman–Crippen MR) is 101 cm³/mol. The number of nitrogens with one attached hydrogen (secondary N) is 2. The first-order valence-electron chi connectivity index (χ1n) is 7.73. The van der Waals surface area contributed by atoms with Crippen LogP contribution in [0.15, 0.2) is 53.1 Å². The third-order valence-corrected chi connectivity index (χ3v) is 4.25. The van der Waals surface area contributed by atoms with Gasteiger partial charge in [0.2, 0.25) is 5.95 Å². The lowest BCUT2D eigenvalue weighted by Gasteiger charge is -2.11. The fourth-order valence-electron chi connectivity index (χ4n) is 2.35. The summed E-state index contributed by atoms with van der Waals surface area (Å²) in [6.45, 7) is 4.17. The topological polar surface area (TPSA) is 62.7 Å². The lowest BCUT2D eigenvalue weighted by atomic mass is 10.1. The van der Waals surface area contributed by atoms with Crippen molar-refractivity contribution >= 4 is 39.1 Å². The van der Waals surface area contributed by atoms with Gasteiger partial charge in [0.25, 0.3) is 0 Å². The van der Waals surface area contributed by atoms with Crippen LogP contribution in [-0.2, 0) is 6.42 Å². The van der Waals surface area contributed by atoms with E-state index in [1.54, 1.807) is 6.20 Å². The number of anilines is 4. The Morgan fingerprint density at radius 3 is 2.67 bits per heavy atom. The number of aryl methyl sites for hydroxylation is 2. The van der Waals surface area contributed by atoms with Gasteiger partial charge in [0.1, 0.15) is 0 Å². The lowest BCUT2D eigenvalue weighted by Crippen LogP contribution is -2.03. The van der Waals surface area contributed by atoms with Crippen LogP contribution in [0.4, 0.5) is 23.1 Å². The number of benzene rings is 2. The second-order valence-electron chi connectivity index (χ2n) is 5.41. The molecule has 3 rings (SSSR count). The van der Waals surface area contributed by atoms with E-state index in [-0.39, 0.29) is 0 Å². The second-order valence-corrected chi connectivity index (χ2v) is 6.26. The van der Waals surface area contributed by atoms with E-state index >= 15 is 0 Å². The van der Waals surface area contributed by atoms with E-state index in [1.807, 2.05) is 43.3 Å². The van der Waals surface area contributed by atoms with Crippen molar-refractivity contribution in [3.63, 3.8) is 0 Å². The maximum Gasteiger partial charge on any atom is 0.249 e. The molecule has 6 heteroatoms. The molecule has 3 aromatic rings. The van der Waals surface area contributed by atoms with Crippen LogP contribution in [0.2, 0.25) is 0 Å². The van der Waals surface area contributed by atoms with E-state index in [9.17, 15) is 0 Å². The number of hydrogen-bond donors (Lipinski definition) is 2. The molecule has 0 spiro atoms. The molecule has 0 atom stereocenters. The molecule has 1 heterocycles. The molecule has 1 aromatic heterocycles. The maximum absolute atomic E-state index is 4.49. The van der Waals surface area contributed by atoms with E-state index in [4.69, 9.17) is 0 Å². The minimum Gasteiger partial charge on any atom is -0.339 e. The third kappa shape index (κ3) is 3.89. The van der Waals surface area contributed by atoms with Gasteiger partial charge in [0, 0.05) is 10.2 Å². The zero-order valence-electron chi connectivity index (χ0n) is 13.5. The van der Waals surface area contributed by atoms with Gasteiger partial charge in [-0.05, 0) is 58.6 Å². The van der Waals surface area contributed by atoms with E-state index in [0.29, 0.717) is 11.8 Å². The summed E-state index contributed by atoms with van der Waals surface area (Å²) in [5, 5.41) is 14.6. The molecule has 0 unspecified atom stereocenters. The number of halogens is 1. The molecule has 0 aliphatic heterocycles. The van der Waals surface area contributed by atoms with Crippen molar-refractivity contribution in [2.45, 2.75) is 20.3 Å². The Bertz CT molecular complexity index is 850. The van der Waals surface area contributed by atoms with Crippen LogP contribution in [0.25, 0.3) is 0 Å². The fraction of sp³-hybridized carbons (Fsp3) is 0.167. The summed E-state index contributed by atoms with van der Waals surface area (Å²) in [6, 6.07) is 14.2. The SMILES string of the molecule is CCc1ccccc1Nc1cnnc(Nc2ccc(C)cc2Br)n1. The molecule has 24 heavy (non-hydrogen) atoms. The third-order valence-electron chi connectivity index (χ3n) is 3.59. The summed E-state index contributed by atoms with van der Waals surface area (Å²) < 4.78 is 0.959. The molecule has 0 bridgehead atoms. The normalized spacial score (nSPS) is 10.5. The van der Waals surface area contributed by atoms with Crippen molar-refractivity contribution < 1.29 is 0 Å². The first kappa shape index (κ1) is 16.4. The molecule has 0 amide bonds. The molecule has 0 aliphatic carbocycles. The van der Waals surface area contributed by atoms with Crippen LogP contribution < -0.4 is 10.6 Å². The van der Waals surface area contributed by atoms with Crippen molar-refractivity contribution in [2.75, 3.05) is 10.6 Å². The van der Waals surface area contributed by atoms with E-state index in [2.05, 4.69) is 54.7 Å². The van der Waals surface area contributed by atoms with Crippen molar-refractivity contribution in [1.82, 2.24) is 15.2 Å². The molecule has 0 saturated heterocycles. The number of aromatic nitrogens is 3. The van der Waals surface area contributed by atoms with Crippen LogP contribution >= 0.6 is 15.9 Å². The summed E-state index contributed by atoms with van der Waals surface area (Å²) in [4.78, 5) is 4.49. The molecule has 0 radical (unpaired) electrons. The highest BCUT2D eigenvalue weighted by Gasteiger charge is 2.06. The minimum absolute atomic E-state index is 0.443. The highest BCUT2D eigenvalue weighted by Crippen LogP contribution is 2.26. The Hall–Kier alpha value is -2.47. The Balaban J connectivity index is 1.81. The molecule has 122 valence electrons. The van der Waals surface area contributed by atoms with Gasteiger partial charge in [-0.2, -0.15) is 10.1 Å². The van der Waals surface area contributed by atoms with Crippen LogP contribution in [0.3, 0.4) is 0 Å². The fourth-order valence-corrected chi connectivity index (χ4v) is 2.94. The quantitative estimate of drug-likeness (QED) is 0.649. The van der Waals surface area contributed by atoms with Gasteiger partial charge < -0.3 is 10.6 Å². The smallest absolute Gasteiger partial charge is 0.249 e. The van der Waals surface area contributed by atoms with Crippen LogP contribution in [-0.4, -0.2) is 15.2 Å². The molecule has 2 aromatic carbocycles. The summed E-state index contributed by atoms with van der Waals surface area (Å²) in [6.07, 6.45) is 2.56. The number of para-hydroxylation sites is 1. The Morgan fingerprint density at radius 1 is 1.04 bits per heavy atom. The van der Waals surface area contributed by atoms with E-state index in [1.165, 1.54) is 11.1 Å². The largest absolute Gasteiger partial charge is 0.339 e. The first-order valence-corrected chi connectivity index (χ1v) is 8.53. The van der Waals surface area contributed by atoms with Crippen molar-refractivity contribution in [2.24, 2.45) is 0 Å². The van der Waals surface area contributed by atoms with Crippen molar-refractivity contribution in [3.05, 3.63) is 64.3 Å². The van der Waals surface area contributed by atoms with Gasteiger partial charge >= 0.3 is 0 Å². The molecular formula is C18H18BrN5. The molecule has 5 nitrogen and oxygen atoms in total. The Kier molecular flexibility index (Phi) is 5.05. The standard InChI is InChI=1S/C18H18BrN5/c1-3-13-6-4-5-7-15(13)21-17-11-20-24-18(23-17)22-16-9-8-12(2)10-14(16)19/h4-11H,3H2,1-2H3,(H2,21,22,23,24). The van der Waals surface area contributed by atoms with Crippen molar-refractivity contribution in [3.8, 4) is 0 Å². The van der Waals surface area contributed by atoms with Gasteiger partial charge in [0.05, 0.1) is 11.9 Å². The Morgan fingerprint density at radius 2 is 1.88 bits per heavy atom. The molecule has 0 saturated carbocycles. The van der Waals surface area contributed by atoms with Crippen LogP contribution in [0, 0.1) is 6.92 Å². The van der Waals surface area contributed by atoms with E-state index < -0.39 is 0 Å². The van der Waals surface area contributed by atoms with Gasteiger partial charge in [-0.1, -0.05) is 31.2 Å². The number of hydrogen-bond acceptors (Lipinski definition) is 5. The summed E-state index contributed by atoms with van der Waals surface area (Å²) in [5.41, 5.74) is 4.33. The van der Waals surface area contributed by atoms with Gasteiger partial charge in [0.15, 0.2) is 5.82 Å². The van der Waals surface area contributed by atoms with Gasteiger partial charge in [-0.25, -0.2) is 0 Å². The minimum atomic E-state index is 0.443. The summed E-state index contributed by atoms with van der Waals surface area (Å²) in [7, 11) is 0. The van der Waals surface area contributed by atoms with E-state index in [0.717, 1.165) is 22.3 Å². The average Bonchev–Trinajstić information content (AvgIpc) is 2.58. The molecule has 0 fully saturated rings. The molecular weight excluding hydrogens is 366 g/mol. The predicted octanol–water partition coefficient (Wildman–Crippen LogP) is 4.99. The zero-order chi connectivity index (χ0) is 16.9. The highest BCUT2D eigenvalue weighted by atomic mass is 79.9. The second kappa shape index (κ2) is 7.40. The maximum atomic E-state index is 4.49. The number of nitrogens with zero attached hydrogens (tertiary/aromatic N) is 3. The lowest BCUT2D eigenvalue weighted by molar-refractivity contribution is 0.981.